The molecule has 4 rings (SSSR count). The molecule has 0 unspecified atom stereocenters. The van der Waals surface area contributed by atoms with Crippen LogP contribution in [0, 0.1) is 11.3 Å². The Kier molecular flexibility index (Phi) is 3.41. The molecule has 23 heavy (non-hydrogen) atoms. The third-order valence-corrected chi connectivity index (χ3v) is 4.70. The van der Waals surface area contributed by atoms with Crippen LogP contribution in [-0.2, 0) is 0 Å². The van der Waals surface area contributed by atoms with Gasteiger partial charge in [-0.1, -0.05) is 30.3 Å². The summed E-state index contributed by atoms with van der Waals surface area (Å²) in [5, 5.41) is 10.3. The number of nitriles is 1. The Balaban J connectivity index is 1.74. The van der Waals surface area contributed by atoms with Crippen molar-refractivity contribution < 1.29 is 4.74 Å². The van der Waals surface area contributed by atoms with Crippen molar-refractivity contribution in [2.75, 3.05) is 6.61 Å². The number of aromatic nitrogens is 1. The van der Waals surface area contributed by atoms with Crippen LogP contribution in [0.3, 0.4) is 0 Å². The summed E-state index contributed by atoms with van der Waals surface area (Å²) in [4.78, 5) is 4.55. The van der Waals surface area contributed by atoms with Gasteiger partial charge in [-0.3, -0.25) is 0 Å². The van der Waals surface area contributed by atoms with E-state index in [4.69, 9.17) is 4.74 Å². The van der Waals surface area contributed by atoms with Crippen LogP contribution < -0.4 is 4.74 Å². The Hall–Kier alpha value is -2.90. The molecular weight excluding hydrogens is 304 g/mol. The van der Waals surface area contributed by atoms with Gasteiger partial charge in [0.2, 0.25) is 0 Å². The molecule has 2 heterocycles. The second-order valence-corrected chi connectivity index (χ2v) is 6.23. The fourth-order valence-corrected chi connectivity index (χ4v) is 3.46. The number of fused-ring (bicyclic) bond motifs is 2. The second kappa shape index (κ2) is 5.71. The zero-order valence-electron chi connectivity index (χ0n) is 12.2. The van der Waals surface area contributed by atoms with Crippen LogP contribution in [-0.4, -0.2) is 11.6 Å². The lowest BCUT2D eigenvalue weighted by atomic mass is 10.1. The molecule has 1 aromatic heterocycles. The summed E-state index contributed by atoms with van der Waals surface area (Å²) in [6.45, 7) is 0.465. The molecular formula is C19H12N2OS. The van der Waals surface area contributed by atoms with E-state index in [1.807, 2.05) is 54.6 Å². The molecule has 0 spiro atoms. The number of thiazole rings is 1. The highest BCUT2D eigenvalue weighted by Gasteiger charge is 2.13. The molecule has 4 heteroatoms. The molecule has 1 aliphatic heterocycles. The van der Waals surface area contributed by atoms with Crippen LogP contribution >= 0.6 is 11.3 Å². The predicted octanol–water partition coefficient (Wildman–Crippen LogP) is 4.68. The van der Waals surface area contributed by atoms with E-state index < -0.39 is 0 Å². The minimum atomic E-state index is 0.465. The molecule has 3 nitrogen and oxygen atoms in total. The topological polar surface area (TPSA) is 45.9 Å². The van der Waals surface area contributed by atoms with E-state index in [1.165, 1.54) is 11.3 Å². The lowest BCUT2D eigenvalue weighted by molar-refractivity contribution is 0.351. The maximum Gasteiger partial charge on any atom is 0.135 e. The standard InChI is InChI=1S/C19H12N2OS/c20-11-15(19-21-16-6-2-4-8-18(16)23-19)10-13-9-14-5-1-3-7-17(14)22-12-13/h1-10H,12H2. The molecule has 3 aromatic rings. The van der Waals surface area contributed by atoms with Crippen molar-refractivity contribution >= 4 is 33.2 Å². The summed E-state index contributed by atoms with van der Waals surface area (Å²) >= 11 is 1.53. The van der Waals surface area contributed by atoms with Crippen molar-refractivity contribution in [1.29, 1.82) is 5.26 Å². The van der Waals surface area contributed by atoms with E-state index in [1.54, 1.807) is 0 Å². The molecule has 0 fully saturated rings. The lowest BCUT2D eigenvalue weighted by Crippen LogP contribution is -2.05. The van der Waals surface area contributed by atoms with E-state index >= 15 is 0 Å². The average molecular weight is 316 g/mol. The number of benzene rings is 2. The Morgan fingerprint density at radius 1 is 1.17 bits per heavy atom. The van der Waals surface area contributed by atoms with Crippen molar-refractivity contribution in [1.82, 2.24) is 4.98 Å². The van der Waals surface area contributed by atoms with Gasteiger partial charge in [0.15, 0.2) is 0 Å². The summed E-state index contributed by atoms with van der Waals surface area (Å²) in [6.07, 6.45) is 3.93. The summed E-state index contributed by atoms with van der Waals surface area (Å²) < 4.78 is 6.82. The summed E-state index contributed by atoms with van der Waals surface area (Å²) in [5.41, 5.74) is 3.50. The number of ether oxygens (including phenoxy) is 1. The first-order valence-corrected chi connectivity index (χ1v) is 8.05. The van der Waals surface area contributed by atoms with Gasteiger partial charge in [0.1, 0.15) is 23.4 Å². The van der Waals surface area contributed by atoms with Crippen molar-refractivity contribution in [2.45, 2.75) is 0 Å². The molecule has 1 aliphatic rings. The quantitative estimate of drug-likeness (QED) is 0.645. The fraction of sp³-hybridized carbons (Fsp3) is 0.0526. The van der Waals surface area contributed by atoms with E-state index in [0.717, 1.165) is 32.1 Å². The Morgan fingerprint density at radius 3 is 2.87 bits per heavy atom. The predicted molar refractivity (Wildman–Crippen MR) is 93.1 cm³/mol. The van der Waals surface area contributed by atoms with Gasteiger partial charge in [0, 0.05) is 5.56 Å². The largest absolute Gasteiger partial charge is 0.488 e. The van der Waals surface area contributed by atoms with Gasteiger partial charge in [0.25, 0.3) is 0 Å². The van der Waals surface area contributed by atoms with E-state index in [2.05, 4.69) is 17.1 Å². The average Bonchev–Trinajstić information content (AvgIpc) is 3.03. The zero-order chi connectivity index (χ0) is 15.6. The highest BCUT2D eigenvalue weighted by molar-refractivity contribution is 7.19. The molecule has 0 radical (unpaired) electrons. The van der Waals surface area contributed by atoms with E-state index in [0.29, 0.717) is 12.2 Å². The maximum absolute atomic E-state index is 9.51. The normalized spacial score (nSPS) is 13.9. The SMILES string of the molecule is N#CC(=CC1=Cc2ccccc2OC1)c1nc2ccccc2s1. The summed E-state index contributed by atoms with van der Waals surface area (Å²) in [5.74, 6) is 0.878. The molecule has 0 aliphatic carbocycles. The van der Waals surface area contributed by atoms with Crippen molar-refractivity contribution in [2.24, 2.45) is 0 Å². The third kappa shape index (κ3) is 2.63. The Bertz CT molecular complexity index is 959. The van der Waals surface area contributed by atoms with Gasteiger partial charge < -0.3 is 4.74 Å². The van der Waals surface area contributed by atoms with Gasteiger partial charge >= 0.3 is 0 Å². The second-order valence-electron chi connectivity index (χ2n) is 5.20. The minimum Gasteiger partial charge on any atom is -0.488 e. The first-order chi connectivity index (χ1) is 11.3. The van der Waals surface area contributed by atoms with Crippen molar-refractivity contribution in [3.05, 3.63) is 70.8 Å². The van der Waals surface area contributed by atoms with Gasteiger partial charge in [-0.05, 0) is 35.9 Å². The molecule has 0 saturated carbocycles. The Morgan fingerprint density at radius 2 is 2.00 bits per heavy atom. The molecule has 0 atom stereocenters. The molecule has 110 valence electrons. The number of rotatable bonds is 2. The van der Waals surface area contributed by atoms with Crippen LogP contribution in [0.2, 0.25) is 0 Å². The summed E-state index contributed by atoms with van der Waals surface area (Å²) in [7, 11) is 0. The van der Waals surface area contributed by atoms with Gasteiger partial charge in [-0.2, -0.15) is 5.26 Å². The van der Waals surface area contributed by atoms with Gasteiger partial charge in [-0.15, -0.1) is 11.3 Å². The van der Waals surface area contributed by atoms with E-state index in [9.17, 15) is 5.26 Å². The first-order valence-electron chi connectivity index (χ1n) is 7.23. The smallest absolute Gasteiger partial charge is 0.135 e. The van der Waals surface area contributed by atoms with Crippen molar-refractivity contribution in [3.63, 3.8) is 0 Å². The van der Waals surface area contributed by atoms with Crippen LogP contribution in [0.5, 0.6) is 5.75 Å². The summed E-state index contributed by atoms with van der Waals surface area (Å²) in [6, 6.07) is 18.1. The highest BCUT2D eigenvalue weighted by atomic mass is 32.1. The van der Waals surface area contributed by atoms with E-state index in [-0.39, 0.29) is 0 Å². The first kappa shape index (κ1) is 13.7. The zero-order valence-corrected chi connectivity index (χ0v) is 13.0. The maximum atomic E-state index is 9.51. The van der Waals surface area contributed by atoms with Gasteiger partial charge in [-0.25, -0.2) is 4.98 Å². The monoisotopic (exact) mass is 316 g/mol. The van der Waals surface area contributed by atoms with Crippen molar-refractivity contribution in [3.8, 4) is 11.8 Å². The molecule has 0 bridgehead atoms. The molecule has 2 aromatic carbocycles. The van der Waals surface area contributed by atoms with Crippen LogP contribution in [0.15, 0.2) is 60.2 Å². The van der Waals surface area contributed by atoms with Crippen LogP contribution in [0.1, 0.15) is 10.6 Å². The number of nitrogens with zero attached hydrogens (tertiary/aromatic N) is 2. The number of hydrogen-bond donors (Lipinski definition) is 0. The lowest BCUT2D eigenvalue weighted by Gasteiger charge is -2.15. The molecule has 0 N–H and O–H groups in total. The van der Waals surface area contributed by atoms with Crippen LogP contribution in [0.4, 0.5) is 0 Å². The number of hydrogen-bond acceptors (Lipinski definition) is 4. The molecule has 0 amide bonds. The Labute approximate surface area is 137 Å². The highest BCUT2D eigenvalue weighted by Crippen LogP contribution is 2.30. The fourth-order valence-electron chi connectivity index (χ4n) is 2.53. The number of para-hydroxylation sites is 2. The van der Waals surface area contributed by atoms with Gasteiger partial charge in [0.05, 0.1) is 15.8 Å². The minimum absolute atomic E-state index is 0.465. The number of allylic oxidation sites excluding steroid dienone is 1. The molecule has 0 saturated heterocycles. The third-order valence-electron chi connectivity index (χ3n) is 3.63. The van der Waals surface area contributed by atoms with Crippen LogP contribution in [0.25, 0.3) is 21.9 Å².